The monoisotopic (exact) mass is 324 g/mol. The Kier molecular flexibility index (Phi) is 6.03. The van der Waals surface area contributed by atoms with E-state index in [4.69, 9.17) is 0 Å². The van der Waals surface area contributed by atoms with Gasteiger partial charge in [-0.15, -0.1) is 10.2 Å². The van der Waals surface area contributed by atoms with Crippen LogP contribution in [0, 0.1) is 0 Å². The number of thioether (sulfide) groups is 1. The number of hydrogen-bond acceptors (Lipinski definition) is 8. The first kappa shape index (κ1) is 15.8. The predicted octanol–water partition coefficient (Wildman–Crippen LogP) is 1.51. The molecule has 0 aromatic carbocycles. The number of amides is 1. The van der Waals surface area contributed by atoms with E-state index in [9.17, 15) is 4.79 Å². The van der Waals surface area contributed by atoms with Crippen LogP contribution in [0.5, 0.6) is 0 Å². The highest BCUT2D eigenvalue weighted by atomic mass is 32.2. The van der Waals surface area contributed by atoms with Crippen LogP contribution in [-0.4, -0.2) is 50.3 Å². The molecule has 21 heavy (non-hydrogen) atoms. The molecule has 0 spiro atoms. The second-order valence-electron chi connectivity index (χ2n) is 4.22. The highest BCUT2D eigenvalue weighted by molar-refractivity contribution is 8.01. The maximum absolute atomic E-state index is 11.9. The van der Waals surface area contributed by atoms with Crippen molar-refractivity contribution in [2.45, 2.75) is 17.8 Å². The van der Waals surface area contributed by atoms with Gasteiger partial charge in [-0.05, 0) is 12.8 Å². The fourth-order valence-electron chi connectivity index (χ4n) is 1.59. The van der Waals surface area contributed by atoms with Gasteiger partial charge >= 0.3 is 0 Å². The maximum atomic E-state index is 11.9. The summed E-state index contributed by atoms with van der Waals surface area (Å²) in [5.74, 6) is 0.814. The van der Waals surface area contributed by atoms with Crippen molar-refractivity contribution in [1.82, 2.24) is 25.1 Å². The first-order chi connectivity index (χ1) is 10.2. The van der Waals surface area contributed by atoms with E-state index in [0.29, 0.717) is 11.7 Å². The van der Waals surface area contributed by atoms with E-state index in [-0.39, 0.29) is 12.5 Å². The highest BCUT2D eigenvalue weighted by Crippen LogP contribution is 2.24. The van der Waals surface area contributed by atoms with Crippen molar-refractivity contribution in [2.24, 2.45) is 0 Å². The van der Waals surface area contributed by atoms with Gasteiger partial charge in [-0.1, -0.05) is 30.0 Å². The summed E-state index contributed by atoms with van der Waals surface area (Å²) in [5.41, 5.74) is 0.824. The third-order valence-corrected chi connectivity index (χ3v) is 4.24. The molecule has 2 aromatic rings. The lowest BCUT2D eigenvalue weighted by atomic mass is 10.4. The van der Waals surface area contributed by atoms with Crippen LogP contribution in [-0.2, 0) is 11.3 Å². The molecule has 0 saturated heterocycles. The first-order valence-electron chi connectivity index (χ1n) is 6.37. The third kappa shape index (κ3) is 5.37. The van der Waals surface area contributed by atoms with Gasteiger partial charge in [0.25, 0.3) is 0 Å². The Morgan fingerprint density at radius 1 is 1.43 bits per heavy atom. The van der Waals surface area contributed by atoms with Crippen molar-refractivity contribution in [3.63, 3.8) is 0 Å². The molecule has 0 radical (unpaired) electrons. The normalized spacial score (nSPS) is 10.8. The van der Waals surface area contributed by atoms with Gasteiger partial charge in [0, 0.05) is 25.1 Å². The highest BCUT2D eigenvalue weighted by Gasteiger charge is 2.11. The quantitative estimate of drug-likeness (QED) is 0.610. The number of likely N-dealkylation sites (N-methyl/N-ethyl adjacent to an activating group) is 1. The molecule has 9 heteroatoms. The lowest BCUT2D eigenvalue weighted by Gasteiger charge is -2.14. The van der Waals surface area contributed by atoms with Crippen molar-refractivity contribution in [1.29, 1.82) is 0 Å². The molecule has 0 aliphatic heterocycles. The van der Waals surface area contributed by atoms with Crippen molar-refractivity contribution in [3.05, 3.63) is 24.3 Å². The number of nitrogens with one attached hydrogen (secondary N) is 1. The second-order valence-corrected chi connectivity index (χ2v) is 6.71. The molecule has 7 nitrogen and oxygen atoms in total. The zero-order valence-electron chi connectivity index (χ0n) is 11.8. The molecule has 0 aliphatic rings. The summed E-state index contributed by atoms with van der Waals surface area (Å²) in [6.45, 7) is 2.87. The molecule has 0 atom stereocenters. The summed E-state index contributed by atoms with van der Waals surface area (Å²) in [4.78, 5) is 22.0. The summed E-state index contributed by atoms with van der Waals surface area (Å²) in [6.07, 6.45) is 4.95. The van der Waals surface area contributed by atoms with E-state index in [1.54, 1.807) is 30.4 Å². The predicted molar refractivity (Wildman–Crippen MR) is 83.3 cm³/mol. The molecule has 0 bridgehead atoms. The minimum Gasteiger partial charge on any atom is -0.299 e. The van der Waals surface area contributed by atoms with Gasteiger partial charge < -0.3 is 0 Å². The van der Waals surface area contributed by atoms with Gasteiger partial charge in [0.2, 0.25) is 11.0 Å². The average Bonchev–Trinajstić information content (AvgIpc) is 2.87. The van der Waals surface area contributed by atoms with Crippen LogP contribution in [0.3, 0.4) is 0 Å². The number of carbonyl (C=O) groups excluding carboxylic acids is 1. The van der Waals surface area contributed by atoms with Crippen LogP contribution in [0.1, 0.15) is 12.6 Å². The van der Waals surface area contributed by atoms with E-state index in [2.05, 4.69) is 25.5 Å². The Labute approximate surface area is 131 Å². The molecular formula is C12H16N6OS2. The summed E-state index contributed by atoms with van der Waals surface area (Å²) in [5, 5.41) is 11.2. The fourth-order valence-corrected chi connectivity index (χ4v) is 3.26. The van der Waals surface area contributed by atoms with E-state index in [1.807, 2.05) is 18.9 Å². The van der Waals surface area contributed by atoms with E-state index >= 15 is 0 Å². The summed E-state index contributed by atoms with van der Waals surface area (Å²) >= 11 is 2.99. The molecule has 0 unspecified atom stereocenters. The van der Waals surface area contributed by atoms with Gasteiger partial charge in [-0.2, -0.15) is 0 Å². The zero-order chi connectivity index (χ0) is 15.1. The second kappa shape index (κ2) is 8.01. The zero-order valence-corrected chi connectivity index (χ0v) is 13.4. The Morgan fingerprint density at radius 2 is 2.29 bits per heavy atom. The van der Waals surface area contributed by atoms with Crippen molar-refractivity contribution in [3.8, 4) is 0 Å². The average molecular weight is 324 g/mol. The Hall–Kier alpha value is -1.58. The minimum absolute atomic E-state index is 0.120. The number of nitrogens with zero attached hydrogens (tertiary/aromatic N) is 5. The van der Waals surface area contributed by atoms with Crippen LogP contribution >= 0.6 is 23.1 Å². The molecule has 0 saturated carbocycles. The first-order valence-corrected chi connectivity index (χ1v) is 8.17. The van der Waals surface area contributed by atoms with Gasteiger partial charge in [0.1, 0.15) is 0 Å². The largest absolute Gasteiger partial charge is 0.299 e. The van der Waals surface area contributed by atoms with E-state index in [1.165, 1.54) is 11.3 Å². The smallest absolute Gasteiger partial charge is 0.240 e. The van der Waals surface area contributed by atoms with Crippen molar-refractivity contribution >= 4 is 34.1 Å². The Balaban J connectivity index is 1.80. The molecule has 112 valence electrons. The molecule has 1 amide bonds. The summed E-state index contributed by atoms with van der Waals surface area (Å²) in [7, 11) is 1.85. The number of carbonyl (C=O) groups is 1. The third-order valence-electron chi connectivity index (χ3n) is 2.38. The SMILES string of the molecule is CCSc1nnc(NC(=O)CN(C)Cc2cnccn2)s1. The van der Waals surface area contributed by atoms with Crippen molar-refractivity contribution < 1.29 is 4.79 Å². The number of aromatic nitrogens is 4. The van der Waals surface area contributed by atoms with E-state index < -0.39 is 0 Å². The van der Waals surface area contributed by atoms with Crippen LogP contribution in [0.25, 0.3) is 0 Å². The molecule has 2 aromatic heterocycles. The van der Waals surface area contributed by atoms with Crippen LogP contribution in [0.4, 0.5) is 5.13 Å². The molecule has 0 fully saturated rings. The summed E-state index contributed by atoms with van der Waals surface area (Å²) in [6, 6.07) is 0. The Bertz CT molecular complexity index is 576. The van der Waals surface area contributed by atoms with Crippen LogP contribution < -0.4 is 5.32 Å². The fraction of sp³-hybridized carbons (Fsp3) is 0.417. The van der Waals surface area contributed by atoms with Crippen molar-refractivity contribution in [2.75, 3.05) is 24.7 Å². The van der Waals surface area contributed by atoms with Crippen LogP contribution in [0.15, 0.2) is 22.9 Å². The lowest BCUT2D eigenvalue weighted by Crippen LogP contribution is -2.30. The number of anilines is 1. The molecule has 0 aliphatic carbocycles. The van der Waals surface area contributed by atoms with E-state index in [0.717, 1.165) is 15.8 Å². The lowest BCUT2D eigenvalue weighted by molar-refractivity contribution is -0.117. The molecular weight excluding hydrogens is 308 g/mol. The standard InChI is InChI=1S/C12H16N6OS2/c1-3-20-12-17-16-11(21-12)15-10(19)8-18(2)7-9-6-13-4-5-14-9/h4-6H,3,7-8H2,1-2H3,(H,15,16,19). The minimum atomic E-state index is -0.120. The maximum Gasteiger partial charge on any atom is 0.240 e. The van der Waals surface area contributed by atoms with Gasteiger partial charge in [0.05, 0.1) is 12.2 Å². The number of hydrogen-bond donors (Lipinski definition) is 1. The summed E-state index contributed by atoms with van der Waals surface area (Å²) < 4.78 is 0.862. The number of rotatable bonds is 7. The van der Waals surface area contributed by atoms with Gasteiger partial charge in [-0.3, -0.25) is 25.0 Å². The van der Waals surface area contributed by atoms with Crippen LogP contribution in [0.2, 0.25) is 0 Å². The molecule has 2 rings (SSSR count). The molecule has 2 heterocycles. The molecule has 1 N–H and O–H groups in total. The topological polar surface area (TPSA) is 83.9 Å². The van der Waals surface area contributed by atoms with Gasteiger partial charge in [-0.25, -0.2) is 0 Å². The van der Waals surface area contributed by atoms with Gasteiger partial charge in [0.15, 0.2) is 4.34 Å². The Morgan fingerprint density at radius 3 is 3.00 bits per heavy atom.